The van der Waals surface area contributed by atoms with Gasteiger partial charge < -0.3 is 14.0 Å². The molecular formula is C17H14F2N2O2. The van der Waals surface area contributed by atoms with Crippen LogP contribution in [0.4, 0.5) is 8.78 Å². The lowest BCUT2D eigenvalue weighted by Crippen LogP contribution is -2.01. The number of rotatable bonds is 2. The summed E-state index contributed by atoms with van der Waals surface area (Å²) in [6, 6.07) is 7.69. The zero-order valence-electron chi connectivity index (χ0n) is 12.4. The van der Waals surface area contributed by atoms with Gasteiger partial charge in [-0.1, -0.05) is 6.07 Å². The lowest BCUT2D eigenvalue weighted by Gasteiger charge is -2.12. The summed E-state index contributed by atoms with van der Waals surface area (Å²) < 4.78 is 41.4. The minimum atomic E-state index is -0.702. The topological polar surface area (TPSA) is 36.3 Å². The SMILES string of the molecule is Cn1cnc2cc(-c3c(F)cc(C4OCCO4)cc3F)ccc21. The Labute approximate surface area is 131 Å². The van der Waals surface area contributed by atoms with Crippen LogP contribution in [0.25, 0.3) is 22.2 Å². The zero-order chi connectivity index (χ0) is 16.0. The van der Waals surface area contributed by atoms with Crippen LogP contribution in [-0.4, -0.2) is 22.8 Å². The standard InChI is InChI=1S/C17H14F2N2O2/c1-21-9-20-14-8-10(2-3-15(14)21)16-12(18)6-11(7-13(16)19)17-22-4-5-23-17/h2-3,6-9,17H,4-5H2,1H3. The van der Waals surface area contributed by atoms with Crippen LogP contribution in [0.15, 0.2) is 36.7 Å². The Bertz CT molecular complexity index is 862. The first-order valence-electron chi connectivity index (χ1n) is 7.27. The van der Waals surface area contributed by atoms with E-state index in [2.05, 4.69) is 4.98 Å². The fourth-order valence-corrected chi connectivity index (χ4v) is 2.85. The summed E-state index contributed by atoms with van der Waals surface area (Å²) in [6.45, 7) is 0.845. The van der Waals surface area contributed by atoms with Gasteiger partial charge in [0.1, 0.15) is 11.6 Å². The van der Waals surface area contributed by atoms with Gasteiger partial charge in [-0.05, 0) is 29.8 Å². The van der Waals surface area contributed by atoms with Crippen LogP contribution in [0, 0.1) is 11.6 Å². The number of aryl methyl sites for hydroxylation is 1. The van der Waals surface area contributed by atoms with E-state index in [1.54, 1.807) is 24.5 Å². The van der Waals surface area contributed by atoms with E-state index in [9.17, 15) is 8.78 Å². The molecule has 0 radical (unpaired) electrons. The molecule has 1 aromatic heterocycles. The molecule has 3 aromatic rings. The average Bonchev–Trinajstić information content (AvgIpc) is 3.17. The third-order valence-corrected chi connectivity index (χ3v) is 3.97. The molecule has 0 saturated carbocycles. The van der Waals surface area contributed by atoms with Crippen molar-refractivity contribution in [3.05, 3.63) is 53.9 Å². The highest BCUT2D eigenvalue weighted by atomic mass is 19.1. The minimum absolute atomic E-state index is 0.0701. The molecule has 1 fully saturated rings. The molecule has 1 aliphatic heterocycles. The van der Waals surface area contributed by atoms with Crippen molar-refractivity contribution in [1.29, 1.82) is 0 Å². The molecule has 0 unspecified atom stereocenters. The van der Waals surface area contributed by atoms with E-state index in [0.29, 0.717) is 29.9 Å². The number of aromatic nitrogens is 2. The Morgan fingerprint density at radius 1 is 1.09 bits per heavy atom. The van der Waals surface area contributed by atoms with Gasteiger partial charge in [0, 0.05) is 12.6 Å². The van der Waals surface area contributed by atoms with Crippen molar-refractivity contribution in [2.24, 2.45) is 7.05 Å². The van der Waals surface area contributed by atoms with Crippen LogP contribution >= 0.6 is 0 Å². The Hall–Kier alpha value is -2.31. The Morgan fingerprint density at radius 3 is 2.48 bits per heavy atom. The van der Waals surface area contributed by atoms with Crippen molar-refractivity contribution in [2.45, 2.75) is 6.29 Å². The maximum absolute atomic E-state index is 14.5. The third-order valence-electron chi connectivity index (χ3n) is 3.97. The maximum Gasteiger partial charge on any atom is 0.184 e. The summed E-state index contributed by atoms with van der Waals surface area (Å²) in [6.07, 6.45) is 0.963. The summed E-state index contributed by atoms with van der Waals surface area (Å²) in [4.78, 5) is 4.22. The van der Waals surface area contributed by atoms with Crippen molar-refractivity contribution in [3.63, 3.8) is 0 Å². The van der Waals surface area contributed by atoms with Gasteiger partial charge in [-0.3, -0.25) is 0 Å². The van der Waals surface area contributed by atoms with Gasteiger partial charge in [0.2, 0.25) is 0 Å². The first-order valence-corrected chi connectivity index (χ1v) is 7.27. The van der Waals surface area contributed by atoms with Gasteiger partial charge in [0.15, 0.2) is 6.29 Å². The second-order valence-corrected chi connectivity index (χ2v) is 5.49. The molecule has 0 bridgehead atoms. The lowest BCUT2D eigenvalue weighted by molar-refractivity contribution is -0.0444. The molecule has 0 atom stereocenters. The number of fused-ring (bicyclic) bond motifs is 1. The van der Waals surface area contributed by atoms with Gasteiger partial charge in [-0.25, -0.2) is 13.8 Å². The summed E-state index contributed by atoms with van der Waals surface area (Å²) in [5.41, 5.74) is 2.32. The van der Waals surface area contributed by atoms with E-state index in [4.69, 9.17) is 9.47 Å². The molecule has 4 rings (SSSR count). The highest BCUT2D eigenvalue weighted by molar-refractivity contribution is 5.82. The minimum Gasteiger partial charge on any atom is -0.346 e. The van der Waals surface area contributed by atoms with Gasteiger partial charge in [0.25, 0.3) is 0 Å². The van der Waals surface area contributed by atoms with E-state index in [-0.39, 0.29) is 5.56 Å². The van der Waals surface area contributed by atoms with Crippen molar-refractivity contribution in [2.75, 3.05) is 13.2 Å². The molecule has 1 aliphatic rings. The lowest BCUT2D eigenvalue weighted by atomic mass is 10.0. The normalized spacial score (nSPS) is 15.6. The van der Waals surface area contributed by atoms with E-state index in [1.165, 1.54) is 12.1 Å². The maximum atomic E-state index is 14.5. The van der Waals surface area contributed by atoms with E-state index in [1.807, 2.05) is 11.6 Å². The Kier molecular flexibility index (Phi) is 3.36. The number of hydrogen-bond acceptors (Lipinski definition) is 3. The van der Waals surface area contributed by atoms with Gasteiger partial charge >= 0.3 is 0 Å². The molecule has 4 nitrogen and oxygen atoms in total. The van der Waals surface area contributed by atoms with Crippen LogP contribution in [0.3, 0.4) is 0 Å². The van der Waals surface area contributed by atoms with Gasteiger partial charge in [-0.2, -0.15) is 0 Å². The quantitative estimate of drug-likeness (QED) is 0.725. The molecular weight excluding hydrogens is 302 g/mol. The zero-order valence-corrected chi connectivity index (χ0v) is 12.4. The molecule has 0 spiro atoms. The molecule has 23 heavy (non-hydrogen) atoms. The summed E-state index contributed by atoms with van der Waals surface area (Å²) in [5.74, 6) is -1.29. The van der Waals surface area contributed by atoms with E-state index in [0.717, 1.165) is 5.52 Å². The molecule has 0 N–H and O–H groups in total. The molecule has 2 aromatic carbocycles. The monoisotopic (exact) mass is 316 g/mol. The van der Waals surface area contributed by atoms with Crippen LogP contribution in [0.5, 0.6) is 0 Å². The number of nitrogens with zero attached hydrogens (tertiary/aromatic N) is 2. The second-order valence-electron chi connectivity index (χ2n) is 5.49. The van der Waals surface area contributed by atoms with E-state index >= 15 is 0 Å². The average molecular weight is 316 g/mol. The third kappa shape index (κ3) is 2.40. The first kappa shape index (κ1) is 14.3. The smallest absolute Gasteiger partial charge is 0.184 e. The van der Waals surface area contributed by atoms with Gasteiger partial charge in [0.05, 0.1) is 36.1 Å². The highest BCUT2D eigenvalue weighted by Crippen LogP contribution is 2.32. The summed E-state index contributed by atoms with van der Waals surface area (Å²) >= 11 is 0. The van der Waals surface area contributed by atoms with Crippen LogP contribution < -0.4 is 0 Å². The predicted molar refractivity (Wildman–Crippen MR) is 80.7 cm³/mol. The molecule has 0 amide bonds. The summed E-state index contributed by atoms with van der Waals surface area (Å²) in [7, 11) is 1.87. The summed E-state index contributed by atoms with van der Waals surface area (Å²) in [5, 5.41) is 0. The number of hydrogen-bond donors (Lipinski definition) is 0. The number of imidazole rings is 1. The van der Waals surface area contributed by atoms with Gasteiger partial charge in [-0.15, -0.1) is 0 Å². The predicted octanol–water partition coefficient (Wildman–Crippen LogP) is 3.56. The van der Waals surface area contributed by atoms with Crippen LogP contribution in [0.2, 0.25) is 0 Å². The highest BCUT2D eigenvalue weighted by Gasteiger charge is 2.22. The van der Waals surface area contributed by atoms with E-state index < -0.39 is 17.9 Å². The molecule has 118 valence electrons. The molecule has 1 saturated heterocycles. The van der Waals surface area contributed by atoms with Crippen LogP contribution in [0.1, 0.15) is 11.9 Å². The molecule has 2 heterocycles. The van der Waals surface area contributed by atoms with Crippen molar-refractivity contribution in [1.82, 2.24) is 9.55 Å². The number of halogens is 2. The largest absolute Gasteiger partial charge is 0.346 e. The molecule has 0 aliphatic carbocycles. The number of ether oxygens (including phenoxy) is 2. The fraction of sp³-hybridized carbons (Fsp3) is 0.235. The first-order chi connectivity index (χ1) is 11.1. The van der Waals surface area contributed by atoms with Crippen molar-refractivity contribution >= 4 is 11.0 Å². The Morgan fingerprint density at radius 2 is 1.78 bits per heavy atom. The van der Waals surface area contributed by atoms with Crippen LogP contribution in [-0.2, 0) is 16.5 Å². The molecule has 6 heteroatoms. The van der Waals surface area contributed by atoms with Crippen molar-refractivity contribution < 1.29 is 18.3 Å². The second kappa shape index (κ2) is 5.40. The van der Waals surface area contributed by atoms with Crippen molar-refractivity contribution in [3.8, 4) is 11.1 Å². The Balaban J connectivity index is 1.80. The fourth-order valence-electron chi connectivity index (χ4n) is 2.85. The number of benzene rings is 2.